The monoisotopic (exact) mass is 515 g/mol. The van der Waals surface area contributed by atoms with Crippen molar-refractivity contribution >= 4 is 23.7 Å². The predicted molar refractivity (Wildman–Crippen MR) is 134 cm³/mol. The molecule has 3 aliphatic heterocycles. The molecular weight excluding hydrogens is 478 g/mol. The smallest absolute Gasteiger partial charge is 0.310 e. The first-order valence-corrected chi connectivity index (χ1v) is 13.2. The minimum absolute atomic E-state index is 0.0597. The first kappa shape index (κ1) is 26.9. The van der Waals surface area contributed by atoms with Crippen LogP contribution in [-0.2, 0) is 23.9 Å². The molecule has 0 saturated carbocycles. The Morgan fingerprint density at radius 2 is 1.84 bits per heavy atom. The lowest BCUT2D eigenvalue weighted by molar-refractivity contribution is -0.153. The summed E-state index contributed by atoms with van der Waals surface area (Å²) in [6.07, 6.45) is 2.61. The highest BCUT2D eigenvalue weighted by molar-refractivity contribution is 5.99. The lowest BCUT2D eigenvalue weighted by Gasteiger charge is -2.45. The highest BCUT2D eigenvalue weighted by atomic mass is 16.5. The number of amides is 3. The van der Waals surface area contributed by atoms with Crippen molar-refractivity contribution in [2.75, 3.05) is 46.5 Å². The van der Waals surface area contributed by atoms with Gasteiger partial charge in [0.25, 0.3) is 5.91 Å². The molecule has 1 aromatic rings. The van der Waals surface area contributed by atoms with Crippen LogP contribution in [-0.4, -0.2) is 96.7 Å². The van der Waals surface area contributed by atoms with Crippen LogP contribution in [0.15, 0.2) is 24.3 Å². The molecule has 3 heterocycles. The molecule has 0 radical (unpaired) electrons. The Morgan fingerprint density at radius 1 is 1.08 bits per heavy atom. The van der Waals surface area contributed by atoms with Crippen LogP contribution in [0.3, 0.4) is 0 Å². The van der Waals surface area contributed by atoms with Crippen molar-refractivity contribution in [2.45, 2.75) is 57.7 Å². The summed E-state index contributed by atoms with van der Waals surface area (Å²) in [6.45, 7) is 5.63. The number of esters is 1. The van der Waals surface area contributed by atoms with Crippen molar-refractivity contribution in [1.82, 2.24) is 14.7 Å². The van der Waals surface area contributed by atoms with E-state index >= 15 is 0 Å². The molecule has 2 atom stereocenters. The number of piperidine rings is 2. The van der Waals surface area contributed by atoms with Crippen LogP contribution in [0.2, 0.25) is 0 Å². The molecule has 202 valence electrons. The van der Waals surface area contributed by atoms with Crippen molar-refractivity contribution in [3.8, 4) is 5.75 Å². The minimum Gasteiger partial charge on any atom is -0.497 e. The zero-order chi connectivity index (χ0) is 26.6. The van der Waals surface area contributed by atoms with E-state index in [1.54, 1.807) is 45.9 Å². The number of carbonyl (C=O) groups excluding carboxylic acids is 4. The third-order valence-electron chi connectivity index (χ3n) is 7.63. The molecule has 1 spiro atoms. The van der Waals surface area contributed by atoms with Gasteiger partial charge in [-0.3, -0.25) is 24.1 Å². The molecule has 0 aromatic heterocycles. The zero-order valence-electron chi connectivity index (χ0n) is 21.9. The molecule has 3 fully saturated rings. The van der Waals surface area contributed by atoms with Gasteiger partial charge >= 0.3 is 5.97 Å². The maximum absolute atomic E-state index is 14.0. The standard InChI is InChI=1S/C27H37N3O7/c1-4-23(31)28-14-11-27(12-15-28)30(24(32)19-8-6-10-21(16-19)35-3)22(18-37-27)25(33)29-13-7-9-20(17-29)26(34)36-5-2/h6,8,10,16,20,22H,4-5,7,9,11-15,17-18H2,1-3H3/t20-,22-/m0/s1. The van der Waals surface area contributed by atoms with Crippen molar-refractivity contribution in [2.24, 2.45) is 5.92 Å². The molecular formula is C27H37N3O7. The molecule has 10 nitrogen and oxygen atoms in total. The van der Waals surface area contributed by atoms with E-state index < -0.39 is 11.8 Å². The van der Waals surface area contributed by atoms with Crippen LogP contribution in [0, 0.1) is 5.92 Å². The molecule has 1 aromatic carbocycles. The Bertz CT molecular complexity index is 1020. The first-order valence-electron chi connectivity index (χ1n) is 13.2. The van der Waals surface area contributed by atoms with Crippen LogP contribution >= 0.6 is 0 Å². The normalized spacial score (nSPS) is 23.2. The fourth-order valence-corrected chi connectivity index (χ4v) is 5.62. The third-order valence-corrected chi connectivity index (χ3v) is 7.63. The van der Waals surface area contributed by atoms with Crippen LogP contribution < -0.4 is 4.74 Å². The average Bonchev–Trinajstić information content (AvgIpc) is 3.30. The Balaban J connectivity index is 1.60. The van der Waals surface area contributed by atoms with Gasteiger partial charge in [-0.1, -0.05) is 13.0 Å². The molecule has 10 heteroatoms. The molecule has 0 N–H and O–H groups in total. The summed E-state index contributed by atoms with van der Waals surface area (Å²) >= 11 is 0. The largest absolute Gasteiger partial charge is 0.497 e. The van der Waals surface area contributed by atoms with Gasteiger partial charge in [0.15, 0.2) is 0 Å². The Morgan fingerprint density at radius 3 is 2.51 bits per heavy atom. The molecule has 0 aliphatic carbocycles. The maximum Gasteiger partial charge on any atom is 0.310 e. The number of hydrogen-bond donors (Lipinski definition) is 0. The Kier molecular flexibility index (Phi) is 8.36. The summed E-state index contributed by atoms with van der Waals surface area (Å²) in [5.74, 6) is -0.613. The fourth-order valence-electron chi connectivity index (χ4n) is 5.62. The molecule has 3 amide bonds. The second-order valence-electron chi connectivity index (χ2n) is 9.79. The predicted octanol–water partition coefficient (Wildman–Crippen LogP) is 2.07. The zero-order valence-corrected chi connectivity index (χ0v) is 21.9. The van der Waals surface area contributed by atoms with Crippen molar-refractivity contribution in [1.29, 1.82) is 0 Å². The maximum atomic E-state index is 14.0. The molecule has 0 unspecified atom stereocenters. The number of ether oxygens (including phenoxy) is 3. The van der Waals surface area contributed by atoms with Gasteiger partial charge in [-0.15, -0.1) is 0 Å². The second kappa shape index (κ2) is 11.5. The number of benzene rings is 1. The van der Waals surface area contributed by atoms with E-state index in [1.165, 1.54) is 7.11 Å². The van der Waals surface area contributed by atoms with Gasteiger partial charge in [-0.25, -0.2) is 0 Å². The molecule has 37 heavy (non-hydrogen) atoms. The molecule has 4 rings (SSSR count). The van der Waals surface area contributed by atoms with Gasteiger partial charge in [0.05, 0.1) is 26.2 Å². The van der Waals surface area contributed by atoms with Crippen molar-refractivity contribution in [3.05, 3.63) is 29.8 Å². The summed E-state index contributed by atoms with van der Waals surface area (Å²) in [7, 11) is 1.53. The molecule has 3 saturated heterocycles. The Hall–Kier alpha value is -3.14. The number of carbonyl (C=O) groups is 4. The van der Waals surface area contributed by atoms with E-state index in [4.69, 9.17) is 14.2 Å². The topological polar surface area (TPSA) is 106 Å². The summed E-state index contributed by atoms with van der Waals surface area (Å²) < 4.78 is 16.8. The van der Waals surface area contributed by atoms with Gasteiger partial charge in [0.2, 0.25) is 11.8 Å². The van der Waals surface area contributed by atoms with Crippen molar-refractivity contribution < 1.29 is 33.4 Å². The lowest BCUT2D eigenvalue weighted by Crippen LogP contribution is -2.60. The van der Waals surface area contributed by atoms with Gasteiger partial charge < -0.3 is 24.0 Å². The fraction of sp³-hybridized carbons (Fsp3) is 0.630. The quantitative estimate of drug-likeness (QED) is 0.534. The highest BCUT2D eigenvalue weighted by Gasteiger charge is 2.55. The van der Waals surface area contributed by atoms with Crippen molar-refractivity contribution in [3.63, 3.8) is 0 Å². The second-order valence-corrected chi connectivity index (χ2v) is 9.79. The summed E-state index contributed by atoms with van der Waals surface area (Å²) in [4.78, 5) is 57.5. The number of methoxy groups -OCH3 is 1. The van der Waals surface area contributed by atoms with E-state index in [9.17, 15) is 19.2 Å². The van der Waals surface area contributed by atoms with E-state index in [2.05, 4.69) is 0 Å². The van der Waals surface area contributed by atoms with E-state index in [0.717, 1.165) is 0 Å². The molecule has 3 aliphatic rings. The van der Waals surface area contributed by atoms with Crippen LogP contribution in [0.4, 0.5) is 0 Å². The number of hydrogen-bond acceptors (Lipinski definition) is 7. The molecule has 0 bridgehead atoms. The highest BCUT2D eigenvalue weighted by Crippen LogP contribution is 2.39. The lowest BCUT2D eigenvalue weighted by atomic mass is 9.95. The summed E-state index contributed by atoms with van der Waals surface area (Å²) in [5, 5.41) is 0. The number of rotatable bonds is 6. The van der Waals surface area contributed by atoms with Gasteiger partial charge in [0.1, 0.15) is 17.5 Å². The van der Waals surface area contributed by atoms with Crippen LogP contribution in [0.1, 0.15) is 56.3 Å². The average molecular weight is 516 g/mol. The summed E-state index contributed by atoms with van der Waals surface area (Å²) in [5.41, 5.74) is -0.585. The SMILES string of the molecule is CCOC(=O)[C@H]1CCCN(C(=O)[C@@H]2COC3(CCN(C(=O)CC)CC3)N2C(=O)c2cccc(OC)c2)C1. The first-order chi connectivity index (χ1) is 17.8. The van der Waals surface area contributed by atoms with Gasteiger partial charge in [0, 0.05) is 51.0 Å². The third kappa shape index (κ3) is 5.44. The van der Waals surface area contributed by atoms with Gasteiger partial charge in [-0.2, -0.15) is 0 Å². The van der Waals surface area contributed by atoms with Crippen LogP contribution in [0.25, 0.3) is 0 Å². The van der Waals surface area contributed by atoms with E-state index in [1.807, 2.05) is 6.92 Å². The van der Waals surface area contributed by atoms with Gasteiger partial charge in [-0.05, 0) is 38.0 Å². The van der Waals surface area contributed by atoms with E-state index in [-0.39, 0.29) is 42.8 Å². The van der Waals surface area contributed by atoms with E-state index in [0.29, 0.717) is 69.7 Å². The number of likely N-dealkylation sites (tertiary alicyclic amines) is 2. The Labute approximate surface area is 217 Å². The minimum atomic E-state index is -0.985. The summed E-state index contributed by atoms with van der Waals surface area (Å²) in [6, 6.07) is 6.03. The number of nitrogens with zero attached hydrogens (tertiary/aromatic N) is 3. The van der Waals surface area contributed by atoms with Crippen LogP contribution in [0.5, 0.6) is 5.75 Å².